The Bertz CT molecular complexity index is 412. The molecule has 2 fully saturated rings. The van der Waals surface area contributed by atoms with E-state index in [1.165, 1.54) is 31.4 Å². The normalized spacial score (nSPS) is 29.0. The molecule has 1 atom stereocenters. The van der Waals surface area contributed by atoms with E-state index >= 15 is 0 Å². The molecular formula is C15H19F2N. The van der Waals surface area contributed by atoms with Crippen molar-refractivity contribution in [2.45, 2.75) is 44.1 Å². The van der Waals surface area contributed by atoms with Gasteiger partial charge in [-0.05, 0) is 55.8 Å². The lowest BCUT2D eigenvalue weighted by molar-refractivity contribution is 0.277. The maximum atomic E-state index is 13.5. The first-order chi connectivity index (χ1) is 8.71. The fourth-order valence-corrected chi connectivity index (χ4v) is 3.32. The van der Waals surface area contributed by atoms with Gasteiger partial charge in [0.15, 0.2) is 0 Å². The molecule has 18 heavy (non-hydrogen) atoms. The molecule has 1 unspecified atom stereocenters. The standard InChI is InChI=1S/C15H19F2N/c16-13-8-12(9-14(17)10-13)15(11-4-5-11)6-2-1-3-7-18-15/h8-11,18H,1-7H2. The third-order valence-electron chi connectivity index (χ3n) is 4.34. The highest BCUT2D eigenvalue weighted by Gasteiger charge is 2.46. The van der Waals surface area contributed by atoms with E-state index in [2.05, 4.69) is 5.32 Å². The van der Waals surface area contributed by atoms with Gasteiger partial charge in [0.25, 0.3) is 0 Å². The molecule has 1 saturated carbocycles. The van der Waals surface area contributed by atoms with E-state index in [0.29, 0.717) is 5.92 Å². The molecule has 1 aromatic carbocycles. The monoisotopic (exact) mass is 251 g/mol. The Morgan fingerprint density at radius 1 is 1.00 bits per heavy atom. The SMILES string of the molecule is Fc1cc(F)cc(C2(C3CC3)CCCCCN2)c1. The fourth-order valence-electron chi connectivity index (χ4n) is 3.32. The van der Waals surface area contributed by atoms with Crippen LogP contribution in [-0.2, 0) is 5.54 Å². The summed E-state index contributed by atoms with van der Waals surface area (Å²) in [6, 6.07) is 3.99. The van der Waals surface area contributed by atoms with Crippen molar-refractivity contribution in [3.05, 3.63) is 35.4 Å². The lowest BCUT2D eigenvalue weighted by Crippen LogP contribution is -2.44. The first-order valence-electron chi connectivity index (χ1n) is 6.92. The van der Waals surface area contributed by atoms with Gasteiger partial charge in [0, 0.05) is 11.6 Å². The van der Waals surface area contributed by atoms with E-state index in [-0.39, 0.29) is 5.54 Å². The van der Waals surface area contributed by atoms with E-state index < -0.39 is 11.6 Å². The quantitative estimate of drug-likeness (QED) is 0.844. The summed E-state index contributed by atoms with van der Waals surface area (Å²) in [5, 5.41) is 3.59. The zero-order valence-corrected chi connectivity index (χ0v) is 10.5. The topological polar surface area (TPSA) is 12.0 Å². The third kappa shape index (κ3) is 2.16. The molecule has 2 aliphatic rings. The van der Waals surface area contributed by atoms with Gasteiger partial charge >= 0.3 is 0 Å². The number of benzene rings is 1. The lowest BCUT2D eigenvalue weighted by atomic mass is 9.81. The summed E-state index contributed by atoms with van der Waals surface area (Å²) < 4.78 is 26.9. The number of hydrogen-bond donors (Lipinski definition) is 1. The average molecular weight is 251 g/mol. The van der Waals surface area contributed by atoms with Crippen LogP contribution in [0.4, 0.5) is 8.78 Å². The molecule has 1 heterocycles. The van der Waals surface area contributed by atoms with Crippen LogP contribution in [0.25, 0.3) is 0 Å². The fraction of sp³-hybridized carbons (Fsp3) is 0.600. The minimum absolute atomic E-state index is 0.181. The third-order valence-corrected chi connectivity index (χ3v) is 4.34. The Morgan fingerprint density at radius 3 is 2.39 bits per heavy atom. The summed E-state index contributed by atoms with van der Waals surface area (Å²) in [7, 11) is 0. The van der Waals surface area contributed by atoms with Gasteiger partial charge in [-0.3, -0.25) is 0 Å². The predicted octanol–water partition coefficient (Wildman–Crippen LogP) is 3.73. The second-order valence-corrected chi connectivity index (χ2v) is 5.64. The molecule has 1 aromatic rings. The minimum atomic E-state index is -0.462. The molecule has 1 N–H and O–H groups in total. The molecule has 3 rings (SSSR count). The van der Waals surface area contributed by atoms with Crippen LogP contribution in [0.1, 0.15) is 44.1 Å². The lowest BCUT2D eigenvalue weighted by Gasteiger charge is -2.35. The highest BCUT2D eigenvalue weighted by Crippen LogP contribution is 2.49. The molecule has 1 saturated heterocycles. The van der Waals surface area contributed by atoms with Gasteiger partial charge in [0.2, 0.25) is 0 Å². The first-order valence-corrected chi connectivity index (χ1v) is 6.92. The van der Waals surface area contributed by atoms with Gasteiger partial charge in [-0.2, -0.15) is 0 Å². The molecule has 0 aromatic heterocycles. The summed E-state index contributed by atoms with van der Waals surface area (Å²) in [4.78, 5) is 0. The van der Waals surface area contributed by atoms with Crippen LogP contribution in [-0.4, -0.2) is 6.54 Å². The molecule has 0 spiro atoms. The van der Waals surface area contributed by atoms with Crippen LogP contribution >= 0.6 is 0 Å². The smallest absolute Gasteiger partial charge is 0.126 e. The molecule has 3 heteroatoms. The zero-order valence-electron chi connectivity index (χ0n) is 10.5. The molecule has 0 amide bonds. The van der Waals surface area contributed by atoms with Crippen molar-refractivity contribution in [1.82, 2.24) is 5.32 Å². The molecule has 98 valence electrons. The summed E-state index contributed by atoms with van der Waals surface area (Å²) in [5.41, 5.74) is 0.629. The highest BCUT2D eigenvalue weighted by atomic mass is 19.1. The molecule has 0 bridgehead atoms. The van der Waals surface area contributed by atoms with E-state index in [1.54, 1.807) is 0 Å². The Balaban J connectivity index is 2.01. The second-order valence-electron chi connectivity index (χ2n) is 5.64. The number of nitrogens with one attached hydrogen (secondary N) is 1. The van der Waals surface area contributed by atoms with Gasteiger partial charge < -0.3 is 5.32 Å². The maximum Gasteiger partial charge on any atom is 0.126 e. The van der Waals surface area contributed by atoms with Crippen LogP contribution in [0.2, 0.25) is 0 Å². The van der Waals surface area contributed by atoms with Gasteiger partial charge in [-0.1, -0.05) is 12.8 Å². The van der Waals surface area contributed by atoms with Crippen molar-refractivity contribution in [3.8, 4) is 0 Å². The Kier molecular flexibility index (Phi) is 3.10. The largest absolute Gasteiger partial charge is 0.307 e. The molecule has 0 radical (unpaired) electrons. The van der Waals surface area contributed by atoms with Crippen LogP contribution in [0.5, 0.6) is 0 Å². The summed E-state index contributed by atoms with van der Waals surface area (Å²) >= 11 is 0. The number of hydrogen-bond acceptors (Lipinski definition) is 1. The first kappa shape index (κ1) is 12.1. The summed E-state index contributed by atoms with van der Waals surface area (Å²) in [6.45, 7) is 0.953. The summed E-state index contributed by atoms with van der Waals surface area (Å²) in [5.74, 6) is -0.371. The van der Waals surface area contributed by atoms with Gasteiger partial charge in [0.05, 0.1) is 0 Å². The Hall–Kier alpha value is -0.960. The van der Waals surface area contributed by atoms with Gasteiger partial charge in [-0.25, -0.2) is 8.78 Å². The molecule has 1 nitrogen and oxygen atoms in total. The molecule has 1 aliphatic carbocycles. The van der Waals surface area contributed by atoms with E-state index in [0.717, 1.165) is 37.4 Å². The highest BCUT2D eigenvalue weighted by molar-refractivity contribution is 5.29. The van der Waals surface area contributed by atoms with Crippen molar-refractivity contribution < 1.29 is 8.78 Å². The predicted molar refractivity (Wildman–Crippen MR) is 67.2 cm³/mol. The van der Waals surface area contributed by atoms with Gasteiger partial charge in [-0.15, -0.1) is 0 Å². The van der Waals surface area contributed by atoms with Crippen LogP contribution in [0.3, 0.4) is 0 Å². The van der Waals surface area contributed by atoms with E-state index in [9.17, 15) is 8.78 Å². The maximum absolute atomic E-state index is 13.5. The van der Waals surface area contributed by atoms with Crippen LogP contribution < -0.4 is 5.32 Å². The van der Waals surface area contributed by atoms with Crippen molar-refractivity contribution >= 4 is 0 Å². The van der Waals surface area contributed by atoms with E-state index in [1.807, 2.05) is 0 Å². The van der Waals surface area contributed by atoms with Crippen molar-refractivity contribution in [2.75, 3.05) is 6.54 Å². The molecule has 1 aliphatic heterocycles. The zero-order chi connectivity index (χ0) is 12.6. The molecular weight excluding hydrogens is 232 g/mol. The number of halogens is 2. The van der Waals surface area contributed by atoms with Crippen molar-refractivity contribution in [2.24, 2.45) is 5.92 Å². The van der Waals surface area contributed by atoms with Gasteiger partial charge in [0.1, 0.15) is 11.6 Å². The number of rotatable bonds is 2. The van der Waals surface area contributed by atoms with Crippen LogP contribution in [0, 0.1) is 17.6 Å². The average Bonchev–Trinajstić information content (AvgIpc) is 3.15. The summed E-state index contributed by atoms with van der Waals surface area (Å²) in [6.07, 6.45) is 6.85. The van der Waals surface area contributed by atoms with Crippen molar-refractivity contribution in [3.63, 3.8) is 0 Å². The van der Waals surface area contributed by atoms with Crippen molar-refractivity contribution in [1.29, 1.82) is 0 Å². The second kappa shape index (κ2) is 4.61. The minimum Gasteiger partial charge on any atom is -0.307 e. The Labute approximate surface area is 107 Å². The van der Waals surface area contributed by atoms with E-state index in [4.69, 9.17) is 0 Å². The Morgan fingerprint density at radius 2 is 1.72 bits per heavy atom. The van der Waals surface area contributed by atoms with Crippen LogP contribution in [0.15, 0.2) is 18.2 Å².